The van der Waals surface area contributed by atoms with Gasteiger partial charge in [-0.15, -0.1) is 0 Å². The second-order valence-electron chi connectivity index (χ2n) is 3.56. The molecule has 0 aliphatic rings. The quantitative estimate of drug-likeness (QED) is 0.537. The standard InChI is InChI=1S/C12H17N2O/c1-3-4-8-15-10(2)11-6-5-7-12(9-11)14-13/h5-7,9-10H,3-4,8H2,1-2H3/q+1. The van der Waals surface area contributed by atoms with E-state index in [4.69, 9.17) is 10.1 Å². The third-order valence-electron chi connectivity index (χ3n) is 2.32. The lowest BCUT2D eigenvalue weighted by molar-refractivity contribution is 0.0637. The highest BCUT2D eigenvalue weighted by atomic mass is 16.5. The van der Waals surface area contributed by atoms with Crippen LogP contribution in [0.4, 0.5) is 5.69 Å². The van der Waals surface area contributed by atoms with Crippen LogP contribution in [0.3, 0.4) is 0 Å². The summed E-state index contributed by atoms with van der Waals surface area (Å²) in [6, 6.07) is 7.42. The fourth-order valence-electron chi connectivity index (χ4n) is 1.34. The number of diazo groups is 1. The Morgan fingerprint density at radius 3 is 2.93 bits per heavy atom. The van der Waals surface area contributed by atoms with Crippen molar-refractivity contribution >= 4 is 5.69 Å². The predicted molar refractivity (Wildman–Crippen MR) is 60.5 cm³/mol. The zero-order chi connectivity index (χ0) is 11.1. The van der Waals surface area contributed by atoms with E-state index in [0.29, 0.717) is 5.69 Å². The molecular formula is C12H17N2O+. The number of nitrogens with zero attached hydrogens (tertiary/aromatic N) is 2. The van der Waals surface area contributed by atoms with E-state index in [0.717, 1.165) is 25.0 Å². The van der Waals surface area contributed by atoms with E-state index in [2.05, 4.69) is 11.9 Å². The zero-order valence-corrected chi connectivity index (χ0v) is 9.31. The van der Waals surface area contributed by atoms with E-state index < -0.39 is 0 Å². The van der Waals surface area contributed by atoms with Gasteiger partial charge in [-0.2, -0.15) is 0 Å². The Morgan fingerprint density at radius 1 is 1.47 bits per heavy atom. The second-order valence-corrected chi connectivity index (χ2v) is 3.56. The topological polar surface area (TPSA) is 37.4 Å². The smallest absolute Gasteiger partial charge is 0.374 e. The SMILES string of the molecule is CCCCOC(C)c1cccc([N+]#N)c1. The van der Waals surface area contributed by atoms with E-state index >= 15 is 0 Å². The van der Waals surface area contributed by atoms with Gasteiger partial charge in [0.2, 0.25) is 5.39 Å². The van der Waals surface area contributed by atoms with E-state index in [1.54, 1.807) is 6.07 Å². The minimum Gasteiger partial charge on any atom is -0.374 e. The van der Waals surface area contributed by atoms with Gasteiger partial charge in [0.05, 0.1) is 6.10 Å². The van der Waals surface area contributed by atoms with Crippen molar-refractivity contribution in [2.45, 2.75) is 32.8 Å². The molecule has 3 nitrogen and oxygen atoms in total. The van der Waals surface area contributed by atoms with Crippen molar-refractivity contribution < 1.29 is 4.74 Å². The summed E-state index contributed by atoms with van der Waals surface area (Å²) in [7, 11) is 0. The molecule has 1 aromatic carbocycles. The molecule has 15 heavy (non-hydrogen) atoms. The molecule has 0 saturated carbocycles. The average Bonchev–Trinajstić information content (AvgIpc) is 2.29. The van der Waals surface area contributed by atoms with Crippen LogP contribution in [-0.4, -0.2) is 6.61 Å². The maximum atomic E-state index is 8.64. The normalized spacial score (nSPS) is 12.1. The molecule has 0 radical (unpaired) electrons. The third kappa shape index (κ3) is 3.69. The Morgan fingerprint density at radius 2 is 2.27 bits per heavy atom. The molecule has 1 aromatic rings. The lowest BCUT2D eigenvalue weighted by atomic mass is 10.1. The monoisotopic (exact) mass is 205 g/mol. The van der Waals surface area contributed by atoms with Crippen LogP contribution in [0.2, 0.25) is 0 Å². The van der Waals surface area contributed by atoms with Crippen molar-refractivity contribution in [3.8, 4) is 0 Å². The Labute approximate surface area is 90.7 Å². The van der Waals surface area contributed by atoms with Crippen LogP contribution in [0.25, 0.3) is 4.98 Å². The van der Waals surface area contributed by atoms with Crippen molar-refractivity contribution in [2.24, 2.45) is 0 Å². The fraction of sp³-hybridized carbons (Fsp3) is 0.500. The van der Waals surface area contributed by atoms with Gasteiger partial charge in [0.25, 0.3) is 0 Å². The molecule has 0 fully saturated rings. The fourth-order valence-corrected chi connectivity index (χ4v) is 1.34. The minimum atomic E-state index is 0.0539. The van der Waals surface area contributed by atoms with Crippen LogP contribution in [0, 0.1) is 5.39 Å². The first-order valence-electron chi connectivity index (χ1n) is 5.34. The zero-order valence-electron chi connectivity index (χ0n) is 9.31. The Kier molecular flexibility index (Phi) is 4.79. The van der Waals surface area contributed by atoms with Crippen molar-refractivity contribution in [2.75, 3.05) is 6.61 Å². The molecule has 3 heteroatoms. The molecule has 0 aliphatic carbocycles. The van der Waals surface area contributed by atoms with Gasteiger partial charge in [-0.3, -0.25) is 0 Å². The van der Waals surface area contributed by atoms with E-state index in [-0.39, 0.29) is 6.10 Å². The highest BCUT2D eigenvalue weighted by Gasteiger charge is 2.10. The summed E-state index contributed by atoms with van der Waals surface area (Å²) in [6.45, 7) is 4.92. The first-order chi connectivity index (χ1) is 7.27. The Hall–Kier alpha value is -1.40. The molecule has 0 saturated heterocycles. The van der Waals surface area contributed by atoms with Gasteiger partial charge in [0.15, 0.2) is 4.98 Å². The van der Waals surface area contributed by atoms with Crippen molar-refractivity contribution in [3.05, 3.63) is 34.8 Å². The summed E-state index contributed by atoms with van der Waals surface area (Å²) in [5, 5.41) is 8.64. The summed E-state index contributed by atoms with van der Waals surface area (Å²) >= 11 is 0. The van der Waals surface area contributed by atoms with Crippen molar-refractivity contribution in [3.63, 3.8) is 0 Å². The average molecular weight is 205 g/mol. The first kappa shape index (κ1) is 11.7. The summed E-state index contributed by atoms with van der Waals surface area (Å²) in [5.74, 6) is 0. The molecular weight excluding hydrogens is 188 g/mol. The summed E-state index contributed by atoms with van der Waals surface area (Å²) in [5.41, 5.74) is 1.61. The summed E-state index contributed by atoms with van der Waals surface area (Å²) < 4.78 is 5.64. The molecule has 1 atom stereocenters. The Balaban J connectivity index is 2.57. The summed E-state index contributed by atoms with van der Waals surface area (Å²) in [6.07, 6.45) is 2.27. The van der Waals surface area contributed by atoms with E-state index in [1.807, 2.05) is 25.1 Å². The van der Waals surface area contributed by atoms with Crippen LogP contribution < -0.4 is 0 Å². The third-order valence-corrected chi connectivity index (χ3v) is 2.32. The van der Waals surface area contributed by atoms with Gasteiger partial charge in [-0.05, 0) is 18.9 Å². The van der Waals surface area contributed by atoms with Gasteiger partial charge in [-0.1, -0.05) is 25.5 Å². The maximum absolute atomic E-state index is 8.64. The minimum absolute atomic E-state index is 0.0539. The Bertz CT molecular complexity index is 344. The lowest BCUT2D eigenvalue weighted by Crippen LogP contribution is -2.01. The molecule has 1 rings (SSSR count). The highest BCUT2D eigenvalue weighted by Crippen LogP contribution is 2.22. The van der Waals surface area contributed by atoms with Crippen LogP contribution in [0.1, 0.15) is 38.4 Å². The molecule has 80 valence electrons. The number of unbranched alkanes of at least 4 members (excludes halogenated alkanes) is 1. The van der Waals surface area contributed by atoms with E-state index in [9.17, 15) is 0 Å². The molecule has 0 bridgehead atoms. The van der Waals surface area contributed by atoms with Gasteiger partial charge < -0.3 is 4.74 Å². The first-order valence-corrected chi connectivity index (χ1v) is 5.34. The molecule has 0 heterocycles. The van der Waals surface area contributed by atoms with Gasteiger partial charge in [0, 0.05) is 18.7 Å². The maximum Gasteiger partial charge on any atom is 0.385 e. The lowest BCUT2D eigenvalue weighted by Gasteiger charge is -2.11. The largest absolute Gasteiger partial charge is 0.385 e. The second kappa shape index (κ2) is 6.15. The van der Waals surface area contributed by atoms with Gasteiger partial charge in [-0.25, -0.2) is 0 Å². The van der Waals surface area contributed by atoms with Crippen molar-refractivity contribution in [1.29, 1.82) is 5.39 Å². The molecule has 1 unspecified atom stereocenters. The van der Waals surface area contributed by atoms with Crippen LogP contribution >= 0.6 is 0 Å². The number of hydrogen-bond acceptors (Lipinski definition) is 2. The van der Waals surface area contributed by atoms with Gasteiger partial charge in [0.1, 0.15) is 0 Å². The molecule has 0 aromatic heterocycles. The number of benzene rings is 1. The molecule has 0 N–H and O–H groups in total. The van der Waals surface area contributed by atoms with Crippen molar-refractivity contribution in [1.82, 2.24) is 0 Å². The van der Waals surface area contributed by atoms with Gasteiger partial charge >= 0.3 is 5.69 Å². The van der Waals surface area contributed by atoms with Crippen LogP contribution in [-0.2, 0) is 4.74 Å². The molecule has 0 amide bonds. The molecule has 0 aliphatic heterocycles. The number of rotatable bonds is 5. The number of hydrogen-bond donors (Lipinski definition) is 0. The molecule has 0 spiro atoms. The summed E-state index contributed by atoms with van der Waals surface area (Å²) in [4.78, 5) is 3.15. The van der Waals surface area contributed by atoms with E-state index in [1.165, 1.54) is 0 Å². The predicted octanol–water partition coefficient (Wildman–Crippen LogP) is 4.05. The van der Waals surface area contributed by atoms with Crippen LogP contribution in [0.5, 0.6) is 0 Å². The highest BCUT2D eigenvalue weighted by molar-refractivity contribution is 5.46. The number of ether oxygens (including phenoxy) is 1. The van der Waals surface area contributed by atoms with Crippen LogP contribution in [0.15, 0.2) is 24.3 Å².